The van der Waals surface area contributed by atoms with Crippen molar-refractivity contribution in [3.05, 3.63) is 23.1 Å². The second kappa shape index (κ2) is 4.23. The molecule has 1 saturated carbocycles. The predicted octanol–water partition coefficient (Wildman–Crippen LogP) is 2.19. The zero-order valence-corrected chi connectivity index (χ0v) is 10.7. The average Bonchev–Trinajstić information content (AvgIpc) is 3.11. The third-order valence-electron chi connectivity index (χ3n) is 3.38. The van der Waals surface area contributed by atoms with Gasteiger partial charge >= 0.3 is 0 Å². The number of likely N-dealkylation sites (N-methyl/N-ethyl adjacent to an activating group) is 1. The van der Waals surface area contributed by atoms with Crippen molar-refractivity contribution in [2.75, 3.05) is 13.6 Å². The summed E-state index contributed by atoms with van der Waals surface area (Å²) in [5.74, 6) is 0. The van der Waals surface area contributed by atoms with E-state index in [9.17, 15) is 0 Å². The normalized spacial score (nSPS) is 15.9. The summed E-state index contributed by atoms with van der Waals surface area (Å²) < 4.78 is 2.85. The lowest BCUT2D eigenvalue weighted by molar-refractivity contribution is 0.310. The summed E-state index contributed by atoms with van der Waals surface area (Å²) in [6, 6.07) is 4.73. The first-order valence-corrected chi connectivity index (χ1v) is 6.40. The first-order valence-electron chi connectivity index (χ1n) is 5.99. The maximum Gasteiger partial charge on any atom is 0.179 e. The van der Waals surface area contributed by atoms with Crippen LogP contribution in [0, 0.1) is 4.77 Å². The molecule has 0 spiro atoms. The van der Waals surface area contributed by atoms with E-state index in [2.05, 4.69) is 26.5 Å². The number of hydrogen-bond acceptors (Lipinski definition) is 3. The number of H-pyrrole nitrogens is 1. The molecule has 0 aliphatic heterocycles. The van der Waals surface area contributed by atoms with Crippen LogP contribution in [0.4, 0.5) is 0 Å². The van der Waals surface area contributed by atoms with Crippen LogP contribution in [0.25, 0.3) is 11.2 Å². The third-order valence-corrected chi connectivity index (χ3v) is 3.70. The highest BCUT2D eigenvalue weighted by Crippen LogP contribution is 2.25. The third kappa shape index (κ3) is 2.12. The molecule has 0 radical (unpaired) electrons. The molecule has 1 aliphatic carbocycles. The molecule has 2 heterocycles. The molecule has 0 atom stereocenters. The smallest absolute Gasteiger partial charge is 0.179 e. The van der Waals surface area contributed by atoms with E-state index in [-0.39, 0.29) is 0 Å². The highest BCUT2D eigenvalue weighted by Gasteiger charge is 2.25. The maximum atomic E-state index is 5.34. The van der Waals surface area contributed by atoms with Crippen LogP contribution in [0.2, 0.25) is 0 Å². The number of aromatic nitrogens is 3. The first-order chi connectivity index (χ1) is 8.25. The Morgan fingerprint density at radius 2 is 2.41 bits per heavy atom. The fourth-order valence-electron chi connectivity index (χ4n) is 2.15. The predicted molar refractivity (Wildman–Crippen MR) is 70.6 cm³/mol. The molecule has 0 bridgehead atoms. The van der Waals surface area contributed by atoms with Crippen LogP contribution >= 0.6 is 12.2 Å². The molecular formula is C12H16N4S. The minimum absolute atomic E-state index is 0.767. The van der Waals surface area contributed by atoms with Crippen LogP contribution < -0.4 is 0 Å². The summed E-state index contributed by atoms with van der Waals surface area (Å²) in [7, 11) is 2.18. The quantitative estimate of drug-likeness (QED) is 0.843. The Balaban J connectivity index is 1.83. The van der Waals surface area contributed by atoms with Crippen LogP contribution in [-0.4, -0.2) is 39.1 Å². The van der Waals surface area contributed by atoms with Crippen LogP contribution in [0.15, 0.2) is 18.3 Å². The van der Waals surface area contributed by atoms with Crippen LogP contribution in [0.3, 0.4) is 0 Å². The second-order valence-electron chi connectivity index (χ2n) is 4.67. The van der Waals surface area contributed by atoms with E-state index < -0.39 is 0 Å². The van der Waals surface area contributed by atoms with Gasteiger partial charge in [0.05, 0.1) is 5.52 Å². The SMILES string of the molecule is CN(CCn1c(=S)[nH]c2cccnc21)C1CC1. The highest BCUT2D eigenvalue weighted by atomic mass is 32.1. The van der Waals surface area contributed by atoms with Crippen molar-refractivity contribution >= 4 is 23.4 Å². The summed E-state index contributed by atoms with van der Waals surface area (Å²) in [5.41, 5.74) is 1.98. The van der Waals surface area contributed by atoms with Crippen LogP contribution in [-0.2, 0) is 6.54 Å². The van der Waals surface area contributed by atoms with E-state index in [1.165, 1.54) is 12.8 Å². The first kappa shape index (κ1) is 10.9. The van der Waals surface area contributed by atoms with Gasteiger partial charge in [-0.2, -0.15) is 0 Å². The Bertz CT molecular complexity index is 581. The minimum atomic E-state index is 0.767. The average molecular weight is 248 g/mol. The zero-order valence-electron chi connectivity index (χ0n) is 9.89. The largest absolute Gasteiger partial charge is 0.329 e. The van der Waals surface area contributed by atoms with Gasteiger partial charge in [0.15, 0.2) is 10.4 Å². The number of aromatic amines is 1. The summed E-state index contributed by atoms with van der Waals surface area (Å²) in [6.45, 7) is 1.94. The van der Waals surface area contributed by atoms with Gasteiger partial charge in [0.2, 0.25) is 0 Å². The lowest BCUT2D eigenvalue weighted by Gasteiger charge is -2.15. The van der Waals surface area contributed by atoms with Crippen molar-refractivity contribution in [3.8, 4) is 0 Å². The molecule has 1 N–H and O–H groups in total. The van der Waals surface area contributed by atoms with Gasteiger partial charge in [-0.1, -0.05) is 0 Å². The lowest BCUT2D eigenvalue weighted by atomic mass is 10.4. The Morgan fingerprint density at radius 1 is 1.59 bits per heavy atom. The molecule has 0 saturated heterocycles. The minimum Gasteiger partial charge on any atom is -0.329 e. The van der Waals surface area contributed by atoms with Crippen molar-refractivity contribution in [3.63, 3.8) is 0 Å². The molecule has 4 nitrogen and oxygen atoms in total. The van der Waals surface area contributed by atoms with E-state index in [1.807, 2.05) is 18.3 Å². The number of imidazole rings is 1. The Morgan fingerprint density at radius 3 is 3.18 bits per heavy atom. The van der Waals surface area contributed by atoms with Crippen LogP contribution in [0.5, 0.6) is 0 Å². The van der Waals surface area contributed by atoms with E-state index >= 15 is 0 Å². The number of nitrogens with zero attached hydrogens (tertiary/aromatic N) is 3. The fourth-order valence-corrected chi connectivity index (χ4v) is 2.44. The van der Waals surface area contributed by atoms with Crippen molar-refractivity contribution in [1.29, 1.82) is 0 Å². The molecule has 2 aromatic rings. The molecule has 0 aromatic carbocycles. The molecule has 0 unspecified atom stereocenters. The summed E-state index contributed by atoms with van der Waals surface area (Å²) >= 11 is 5.34. The summed E-state index contributed by atoms with van der Waals surface area (Å²) in [4.78, 5) is 9.99. The number of fused-ring (bicyclic) bond motifs is 1. The van der Waals surface area contributed by atoms with Gasteiger partial charge in [-0.3, -0.25) is 0 Å². The Hall–Kier alpha value is -1.20. The van der Waals surface area contributed by atoms with E-state index in [0.717, 1.165) is 35.1 Å². The molecule has 5 heteroatoms. The van der Waals surface area contributed by atoms with Gasteiger partial charge in [0.25, 0.3) is 0 Å². The van der Waals surface area contributed by atoms with Gasteiger partial charge in [-0.15, -0.1) is 0 Å². The number of nitrogens with one attached hydrogen (secondary N) is 1. The molecule has 1 fully saturated rings. The molecule has 17 heavy (non-hydrogen) atoms. The van der Waals surface area contributed by atoms with E-state index in [1.54, 1.807) is 0 Å². The van der Waals surface area contributed by atoms with Crippen LogP contribution in [0.1, 0.15) is 12.8 Å². The molecule has 0 amide bonds. The highest BCUT2D eigenvalue weighted by molar-refractivity contribution is 7.71. The summed E-state index contributed by atoms with van der Waals surface area (Å²) in [5, 5.41) is 0. The van der Waals surface area contributed by atoms with Gasteiger partial charge in [-0.05, 0) is 44.2 Å². The zero-order chi connectivity index (χ0) is 11.8. The number of hydrogen-bond donors (Lipinski definition) is 1. The lowest BCUT2D eigenvalue weighted by Crippen LogP contribution is -2.25. The Labute approximate surface area is 105 Å². The van der Waals surface area contributed by atoms with Crippen molar-refractivity contribution in [2.24, 2.45) is 0 Å². The molecule has 90 valence electrons. The Kier molecular flexibility index (Phi) is 2.72. The molecule has 1 aliphatic rings. The van der Waals surface area contributed by atoms with Crippen molar-refractivity contribution in [2.45, 2.75) is 25.4 Å². The van der Waals surface area contributed by atoms with Gasteiger partial charge in [-0.25, -0.2) is 4.98 Å². The van der Waals surface area contributed by atoms with Gasteiger partial charge in [0.1, 0.15) is 0 Å². The number of rotatable bonds is 4. The standard InChI is InChI=1S/C12H16N4S/c1-15(9-4-5-9)7-8-16-11-10(14-12(16)17)3-2-6-13-11/h2-3,6,9H,4-5,7-8H2,1H3,(H,14,17). The maximum absolute atomic E-state index is 5.34. The topological polar surface area (TPSA) is 36.9 Å². The molecule has 2 aromatic heterocycles. The monoisotopic (exact) mass is 248 g/mol. The van der Waals surface area contributed by atoms with Gasteiger partial charge in [0, 0.05) is 25.3 Å². The van der Waals surface area contributed by atoms with E-state index in [0.29, 0.717) is 0 Å². The fraction of sp³-hybridized carbons (Fsp3) is 0.500. The molecular weight excluding hydrogens is 232 g/mol. The second-order valence-corrected chi connectivity index (χ2v) is 5.05. The summed E-state index contributed by atoms with van der Waals surface area (Å²) in [6.07, 6.45) is 4.49. The van der Waals surface area contributed by atoms with Gasteiger partial charge < -0.3 is 14.5 Å². The number of pyridine rings is 1. The van der Waals surface area contributed by atoms with Crippen molar-refractivity contribution < 1.29 is 0 Å². The molecule has 3 rings (SSSR count). The van der Waals surface area contributed by atoms with E-state index in [4.69, 9.17) is 12.2 Å². The van der Waals surface area contributed by atoms with Crippen molar-refractivity contribution in [1.82, 2.24) is 19.4 Å².